The summed E-state index contributed by atoms with van der Waals surface area (Å²) in [4.78, 5) is 5.20. The number of nitrogens with one attached hydrogen (secondary N) is 2. The second-order valence-electron chi connectivity index (χ2n) is 3.33. The first kappa shape index (κ1) is 13.4. The topological polar surface area (TPSA) is 37.0 Å². The van der Waals surface area contributed by atoms with E-state index >= 15 is 0 Å². The van der Waals surface area contributed by atoms with Crippen molar-refractivity contribution < 1.29 is 13.2 Å². The van der Waals surface area contributed by atoms with Crippen LogP contribution in [-0.4, -0.2) is 30.8 Å². The number of nitrogens with zero attached hydrogens (tertiary/aromatic N) is 1. The molecule has 0 aliphatic heterocycles. The molecular weight excluding hydrogens is 239 g/mol. The van der Waals surface area contributed by atoms with E-state index in [1.807, 2.05) is 6.92 Å². The molecule has 0 aliphatic rings. The van der Waals surface area contributed by atoms with Gasteiger partial charge in [0.15, 0.2) is 0 Å². The van der Waals surface area contributed by atoms with Crippen LogP contribution in [0.4, 0.5) is 13.2 Å². The molecule has 0 amide bonds. The summed E-state index contributed by atoms with van der Waals surface area (Å²) in [5.74, 6) is 0. The van der Waals surface area contributed by atoms with Crippen LogP contribution in [-0.2, 0) is 6.54 Å². The average molecular weight is 253 g/mol. The summed E-state index contributed by atoms with van der Waals surface area (Å²) in [6.07, 6.45) is -4.13. The summed E-state index contributed by atoms with van der Waals surface area (Å²) in [6, 6.07) is 0. The Labute approximate surface area is 96.1 Å². The predicted octanol–water partition coefficient (Wildman–Crippen LogP) is 1.69. The molecule has 16 heavy (non-hydrogen) atoms. The van der Waals surface area contributed by atoms with Gasteiger partial charge in [-0.3, -0.25) is 0 Å². The Morgan fingerprint density at radius 3 is 2.56 bits per heavy atom. The molecule has 1 aromatic heterocycles. The normalized spacial score (nSPS) is 12.0. The van der Waals surface area contributed by atoms with Crippen molar-refractivity contribution in [1.82, 2.24) is 15.6 Å². The maximum atomic E-state index is 11.8. The highest BCUT2D eigenvalue weighted by Crippen LogP contribution is 2.12. The molecule has 0 saturated carbocycles. The third-order valence-electron chi connectivity index (χ3n) is 1.93. The van der Waals surface area contributed by atoms with Gasteiger partial charge >= 0.3 is 6.18 Å². The van der Waals surface area contributed by atoms with Gasteiger partial charge in [-0.2, -0.15) is 13.2 Å². The highest BCUT2D eigenvalue weighted by atomic mass is 32.1. The molecule has 3 nitrogen and oxygen atoms in total. The zero-order valence-electron chi connectivity index (χ0n) is 8.90. The summed E-state index contributed by atoms with van der Waals surface area (Å²) in [6.45, 7) is 2.44. The van der Waals surface area contributed by atoms with E-state index in [-0.39, 0.29) is 0 Å². The van der Waals surface area contributed by atoms with Gasteiger partial charge in [0.1, 0.15) is 0 Å². The predicted molar refractivity (Wildman–Crippen MR) is 57.5 cm³/mol. The van der Waals surface area contributed by atoms with E-state index in [4.69, 9.17) is 0 Å². The minimum absolute atomic E-state index is 0.303. The fourth-order valence-corrected chi connectivity index (χ4v) is 1.85. The van der Waals surface area contributed by atoms with Gasteiger partial charge in [-0.05, 0) is 6.92 Å². The van der Waals surface area contributed by atoms with E-state index in [9.17, 15) is 13.2 Å². The van der Waals surface area contributed by atoms with Crippen molar-refractivity contribution in [3.05, 3.63) is 16.1 Å². The molecule has 2 N–H and O–H groups in total. The molecule has 0 aromatic carbocycles. The third-order valence-corrected chi connectivity index (χ3v) is 2.87. The summed E-state index contributed by atoms with van der Waals surface area (Å²) in [5, 5.41) is 5.38. The lowest BCUT2D eigenvalue weighted by molar-refractivity contribution is -0.124. The Bertz CT molecular complexity index is 311. The first-order valence-electron chi connectivity index (χ1n) is 4.86. The maximum absolute atomic E-state index is 11.8. The van der Waals surface area contributed by atoms with Crippen LogP contribution in [0.25, 0.3) is 0 Å². The number of hydrogen-bond acceptors (Lipinski definition) is 4. The van der Waals surface area contributed by atoms with Gasteiger partial charge < -0.3 is 10.6 Å². The Balaban J connectivity index is 2.03. The lowest BCUT2D eigenvalue weighted by atomic mass is 10.4. The standard InChI is InChI=1S/C9H14F3N3S/c1-7-8(16-6-15-7)4-13-2-3-14-5-9(10,11)12/h6,13-14H,2-5H2,1H3. The molecule has 0 radical (unpaired) electrons. The lowest BCUT2D eigenvalue weighted by Gasteiger charge is -2.08. The summed E-state index contributed by atoms with van der Waals surface area (Å²) in [7, 11) is 0. The highest BCUT2D eigenvalue weighted by Gasteiger charge is 2.25. The largest absolute Gasteiger partial charge is 0.401 e. The molecule has 7 heteroatoms. The molecule has 1 aromatic rings. The average Bonchev–Trinajstić information content (AvgIpc) is 2.56. The van der Waals surface area contributed by atoms with Gasteiger partial charge in [0.05, 0.1) is 17.7 Å². The van der Waals surface area contributed by atoms with Gasteiger partial charge in [-0.15, -0.1) is 11.3 Å². The summed E-state index contributed by atoms with van der Waals surface area (Å²) >= 11 is 1.54. The molecule has 1 heterocycles. The zero-order chi connectivity index (χ0) is 12.0. The van der Waals surface area contributed by atoms with E-state index < -0.39 is 12.7 Å². The van der Waals surface area contributed by atoms with Crippen molar-refractivity contribution in [2.45, 2.75) is 19.6 Å². The van der Waals surface area contributed by atoms with Gasteiger partial charge in [-0.1, -0.05) is 0 Å². The number of aryl methyl sites for hydroxylation is 1. The Hall–Kier alpha value is -0.660. The highest BCUT2D eigenvalue weighted by molar-refractivity contribution is 7.09. The van der Waals surface area contributed by atoms with Crippen molar-refractivity contribution in [3.8, 4) is 0 Å². The minimum atomic E-state index is -4.13. The number of thiazole rings is 1. The van der Waals surface area contributed by atoms with Crippen LogP contribution in [0, 0.1) is 6.92 Å². The van der Waals surface area contributed by atoms with Crippen molar-refractivity contribution in [2.75, 3.05) is 19.6 Å². The Morgan fingerprint density at radius 1 is 1.31 bits per heavy atom. The van der Waals surface area contributed by atoms with E-state index in [0.29, 0.717) is 19.6 Å². The van der Waals surface area contributed by atoms with E-state index in [2.05, 4.69) is 15.6 Å². The zero-order valence-corrected chi connectivity index (χ0v) is 9.71. The first-order valence-corrected chi connectivity index (χ1v) is 5.74. The van der Waals surface area contributed by atoms with Gasteiger partial charge in [0, 0.05) is 24.5 Å². The fourth-order valence-electron chi connectivity index (χ4n) is 1.10. The molecule has 0 spiro atoms. The molecule has 0 atom stereocenters. The van der Waals surface area contributed by atoms with Gasteiger partial charge in [0.25, 0.3) is 0 Å². The number of hydrogen-bond donors (Lipinski definition) is 2. The van der Waals surface area contributed by atoms with Gasteiger partial charge in [0.2, 0.25) is 0 Å². The molecule has 0 fully saturated rings. The number of halogens is 3. The van der Waals surface area contributed by atoms with Crippen molar-refractivity contribution in [2.24, 2.45) is 0 Å². The lowest BCUT2D eigenvalue weighted by Crippen LogP contribution is -2.34. The van der Waals surface area contributed by atoms with E-state index in [1.165, 1.54) is 0 Å². The van der Waals surface area contributed by atoms with Crippen LogP contribution < -0.4 is 10.6 Å². The second kappa shape index (κ2) is 6.17. The number of rotatable bonds is 6. The molecule has 1 rings (SSSR count). The minimum Gasteiger partial charge on any atom is -0.311 e. The third kappa shape index (κ3) is 5.43. The molecule has 0 aliphatic carbocycles. The number of aromatic nitrogens is 1. The van der Waals surface area contributed by atoms with Crippen molar-refractivity contribution in [3.63, 3.8) is 0 Å². The molecular formula is C9H14F3N3S. The maximum Gasteiger partial charge on any atom is 0.401 e. The molecule has 0 bridgehead atoms. The van der Waals surface area contributed by atoms with E-state index in [0.717, 1.165) is 10.6 Å². The van der Waals surface area contributed by atoms with Crippen LogP contribution in [0.15, 0.2) is 5.51 Å². The Kier molecular flexibility index (Phi) is 5.17. The fraction of sp³-hybridized carbons (Fsp3) is 0.667. The van der Waals surface area contributed by atoms with Crippen LogP contribution in [0.5, 0.6) is 0 Å². The molecule has 0 unspecified atom stereocenters. The Morgan fingerprint density at radius 2 is 2.00 bits per heavy atom. The van der Waals surface area contributed by atoms with Crippen LogP contribution in [0.2, 0.25) is 0 Å². The van der Waals surface area contributed by atoms with E-state index in [1.54, 1.807) is 16.8 Å². The van der Waals surface area contributed by atoms with Crippen LogP contribution in [0.1, 0.15) is 10.6 Å². The summed E-state index contributed by atoms with van der Waals surface area (Å²) < 4.78 is 35.3. The quantitative estimate of drug-likeness (QED) is 0.758. The summed E-state index contributed by atoms with van der Waals surface area (Å²) in [5.41, 5.74) is 2.73. The SMILES string of the molecule is Cc1ncsc1CNCCNCC(F)(F)F. The van der Waals surface area contributed by atoms with Crippen LogP contribution >= 0.6 is 11.3 Å². The van der Waals surface area contributed by atoms with Crippen molar-refractivity contribution in [1.29, 1.82) is 0 Å². The number of alkyl halides is 3. The second-order valence-corrected chi connectivity index (χ2v) is 4.27. The smallest absolute Gasteiger partial charge is 0.311 e. The first-order chi connectivity index (χ1) is 7.49. The monoisotopic (exact) mass is 253 g/mol. The van der Waals surface area contributed by atoms with Crippen molar-refractivity contribution >= 4 is 11.3 Å². The molecule has 92 valence electrons. The van der Waals surface area contributed by atoms with Gasteiger partial charge in [-0.25, -0.2) is 4.98 Å². The molecule has 0 saturated heterocycles. The van der Waals surface area contributed by atoms with Crippen LogP contribution in [0.3, 0.4) is 0 Å².